The zero-order chi connectivity index (χ0) is 22.6. The Balaban J connectivity index is 1.34. The van der Waals surface area contributed by atoms with E-state index in [1.165, 1.54) is 17.7 Å². The summed E-state index contributed by atoms with van der Waals surface area (Å²) in [6.45, 7) is 6.07. The molecule has 32 heavy (non-hydrogen) atoms. The summed E-state index contributed by atoms with van der Waals surface area (Å²) in [4.78, 5) is 17.0. The van der Waals surface area contributed by atoms with Crippen LogP contribution in [-0.4, -0.2) is 69.6 Å². The zero-order valence-electron chi connectivity index (χ0n) is 18.2. The van der Waals surface area contributed by atoms with E-state index >= 15 is 0 Å². The first-order valence-corrected chi connectivity index (χ1v) is 12.4. The second-order valence-electron chi connectivity index (χ2n) is 8.09. The lowest BCUT2D eigenvalue weighted by Gasteiger charge is -2.36. The van der Waals surface area contributed by atoms with Gasteiger partial charge in [0.05, 0.1) is 24.2 Å². The molecular formula is C23H29N3O5S. The van der Waals surface area contributed by atoms with Gasteiger partial charge in [0.15, 0.2) is 11.5 Å². The van der Waals surface area contributed by atoms with E-state index in [0.29, 0.717) is 37.8 Å². The molecule has 2 aromatic rings. The van der Waals surface area contributed by atoms with Gasteiger partial charge in [-0.15, -0.1) is 0 Å². The van der Waals surface area contributed by atoms with Crippen LogP contribution in [0.2, 0.25) is 0 Å². The van der Waals surface area contributed by atoms with Crippen molar-refractivity contribution < 1.29 is 22.7 Å². The van der Waals surface area contributed by atoms with Gasteiger partial charge in [-0.3, -0.25) is 9.69 Å². The monoisotopic (exact) mass is 459 g/mol. The minimum absolute atomic E-state index is 0.0501. The van der Waals surface area contributed by atoms with E-state index < -0.39 is 16.1 Å². The molecule has 4 rings (SSSR count). The number of ether oxygens (including phenoxy) is 2. The van der Waals surface area contributed by atoms with Crippen LogP contribution in [0.5, 0.6) is 11.5 Å². The molecule has 0 saturated carbocycles. The van der Waals surface area contributed by atoms with Gasteiger partial charge < -0.3 is 14.4 Å². The molecule has 9 heteroatoms. The summed E-state index contributed by atoms with van der Waals surface area (Å²) in [6, 6.07) is 13.9. The third kappa shape index (κ3) is 5.40. The predicted molar refractivity (Wildman–Crippen MR) is 120 cm³/mol. The molecule has 0 bridgehead atoms. The van der Waals surface area contributed by atoms with Crippen LogP contribution in [0.15, 0.2) is 53.4 Å². The molecule has 0 radical (unpaired) electrons. The Morgan fingerprint density at radius 2 is 1.69 bits per heavy atom. The van der Waals surface area contributed by atoms with Crippen molar-refractivity contribution >= 4 is 15.9 Å². The van der Waals surface area contributed by atoms with Crippen LogP contribution in [0.1, 0.15) is 18.9 Å². The van der Waals surface area contributed by atoms with Crippen molar-refractivity contribution in [3.63, 3.8) is 0 Å². The molecule has 1 saturated heterocycles. The van der Waals surface area contributed by atoms with Crippen molar-refractivity contribution in [1.29, 1.82) is 0 Å². The fourth-order valence-electron chi connectivity index (χ4n) is 3.90. The first-order valence-electron chi connectivity index (χ1n) is 10.9. The lowest BCUT2D eigenvalue weighted by atomic mass is 10.2. The average Bonchev–Trinajstić information content (AvgIpc) is 3.04. The molecule has 2 aliphatic heterocycles. The number of piperazine rings is 1. The Hall–Kier alpha value is -2.62. The number of hydrogen-bond acceptors (Lipinski definition) is 6. The van der Waals surface area contributed by atoms with Crippen LogP contribution in [0, 0.1) is 0 Å². The molecule has 2 heterocycles. The Morgan fingerprint density at radius 3 is 2.41 bits per heavy atom. The summed E-state index contributed by atoms with van der Waals surface area (Å²) in [6.07, 6.45) is 0.735. The standard InChI is InChI=1S/C23H29N3O5S/c1-18(23(27)26-12-10-25(11-13-26)17-19-6-3-2-4-7-19)24-32(28,29)20-8-9-21-22(16-20)31-15-5-14-30-21/h2-4,6-9,16,18,24H,5,10-15,17H2,1H3/t18-/m0/s1. The Bertz CT molecular complexity index is 1040. The van der Waals surface area contributed by atoms with Gasteiger partial charge in [-0.25, -0.2) is 8.42 Å². The van der Waals surface area contributed by atoms with Gasteiger partial charge in [-0.1, -0.05) is 30.3 Å². The highest BCUT2D eigenvalue weighted by molar-refractivity contribution is 7.89. The molecule has 2 aliphatic rings. The quantitative estimate of drug-likeness (QED) is 0.710. The first kappa shape index (κ1) is 22.6. The smallest absolute Gasteiger partial charge is 0.241 e. The fraction of sp³-hybridized carbons (Fsp3) is 0.435. The van der Waals surface area contributed by atoms with E-state index in [4.69, 9.17) is 9.47 Å². The van der Waals surface area contributed by atoms with E-state index in [0.717, 1.165) is 26.1 Å². The molecule has 0 unspecified atom stereocenters. The van der Waals surface area contributed by atoms with Crippen molar-refractivity contribution in [3.05, 3.63) is 54.1 Å². The van der Waals surface area contributed by atoms with Crippen LogP contribution in [0.25, 0.3) is 0 Å². The second-order valence-corrected chi connectivity index (χ2v) is 9.80. The number of fused-ring (bicyclic) bond motifs is 1. The van der Waals surface area contributed by atoms with Crippen LogP contribution in [0.3, 0.4) is 0 Å². The van der Waals surface area contributed by atoms with Gasteiger partial charge in [0.2, 0.25) is 15.9 Å². The highest BCUT2D eigenvalue weighted by atomic mass is 32.2. The maximum Gasteiger partial charge on any atom is 0.241 e. The molecule has 1 N–H and O–H groups in total. The lowest BCUT2D eigenvalue weighted by molar-refractivity contribution is -0.134. The van der Waals surface area contributed by atoms with Crippen LogP contribution < -0.4 is 14.2 Å². The number of amides is 1. The number of carbonyl (C=O) groups excluding carboxylic acids is 1. The maximum absolute atomic E-state index is 12.9. The highest BCUT2D eigenvalue weighted by Gasteiger charge is 2.29. The van der Waals surface area contributed by atoms with Crippen LogP contribution >= 0.6 is 0 Å². The third-order valence-corrected chi connectivity index (χ3v) is 7.20. The summed E-state index contributed by atoms with van der Waals surface area (Å²) >= 11 is 0. The summed E-state index contributed by atoms with van der Waals surface area (Å²) in [5.74, 6) is 0.708. The van der Waals surface area contributed by atoms with Crippen molar-refractivity contribution in [2.75, 3.05) is 39.4 Å². The van der Waals surface area contributed by atoms with E-state index in [-0.39, 0.29) is 10.8 Å². The number of carbonyl (C=O) groups is 1. The van der Waals surface area contributed by atoms with Crippen LogP contribution in [-0.2, 0) is 21.4 Å². The van der Waals surface area contributed by atoms with Gasteiger partial charge >= 0.3 is 0 Å². The summed E-state index contributed by atoms with van der Waals surface area (Å²) in [5.41, 5.74) is 1.24. The minimum Gasteiger partial charge on any atom is -0.490 e. The van der Waals surface area contributed by atoms with E-state index in [1.54, 1.807) is 17.9 Å². The van der Waals surface area contributed by atoms with Gasteiger partial charge in [0, 0.05) is 45.2 Å². The Kier molecular flexibility index (Phi) is 6.98. The highest BCUT2D eigenvalue weighted by Crippen LogP contribution is 2.31. The summed E-state index contributed by atoms with van der Waals surface area (Å²) in [7, 11) is -3.88. The molecule has 0 aromatic heterocycles. The van der Waals surface area contributed by atoms with Crippen molar-refractivity contribution in [2.45, 2.75) is 30.8 Å². The fourth-order valence-corrected chi connectivity index (χ4v) is 5.12. The van der Waals surface area contributed by atoms with Gasteiger partial charge in [-0.2, -0.15) is 4.72 Å². The number of benzene rings is 2. The predicted octanol–water partition coefficient (Wildman–Crippen LogP) is 1.86. The normalized spacial score (nSPS) is 18.1. The number of nitrogens with one attached hydrogen (secondary N) is 1. The van der Waals surface area contributed by atoms with Gasteiger partial charge in [0.1, 0.15) is 0 Å². The van der Waals surface area contributed by atoms with Crippen molar-refractivity contribution in [1.82, 2.24) is 14.5 Å². The Morgan fingerprint density at radius 1 is 1.00 bits per heavy atom. The van der Waals surface area contributed by atoms with Crippen LogP contribution in [0.4, 0.5) is 0 Å². The molecule has 172 valence electrons. The Labute approximate surface area is 189 Å². The molecule has 0 spiro atoms. The summed E-state index contributed by atoms with van der Waals surface area (Å²) in [5, 5.41) is 0. The molecule has 1 amide bonds. The van der Waals surface area contributed by atoms with Gasteiger partial charge in [0.25, 0.3) is 0 Å². The largest absolute Gasteiger partial charge is 0.490 e. The maximum atomic E-state index is 12.9. The average molecular weight is 460 g/mol. The number of sulfonamides is 1. The van der Waals surface area contributed by atoms with E-state index in [2.05, 4.69) is 21.8 Å². The topological polar surface area (TPSA) is 88.2 Å². The van der Waals surface area contributed by atoms with E-state index in [9.17, 15) is 13.2 Å². The first-order chi connectivity index (χ1) is 15.4. The van der Waals surface area contributed by atoms with Gasteiger partial charge in [-0.05, 0) is 24.6 Å². The molecular weight excluding hydrogens is 430 g/mol. The molecule has 0 aliphatic carbocycles. The van der Waals surface area contributed by atoms with Crippen molar-refractivity contribution in [3.8, 4) is 11.5 Å². The number of hydrogen-bond donors (Lipinski definition) is 1. The second kappa shape index (κ2) is 9.89. The molecule has 1 atom stereocenters. The van der Waals surface area contributed by atoms with Crippen molar-refractivity contribution in [2.24, 2.45) is 0 Å². The zero-order valence-corrected chi connectivity index (χ0v) is 19.0. The molecule has 2 aromatic carbocycles. The SMILES string of the molecule is C[C@H](NS(=O)(=O)c1ccc2c(c1)OCCCO2)C(=O)N1CCN(Cc2ccccc2)CC1. The minimum atomic E-state index is -3.88. The molecule has 1 fully saturated rings. The third-order valence-electron chi connectivity index (χ3n) is 5.66. The number of rotatable bonds is 6. The number of nitrogens with zero attached hydrogens (tertiary/aromatic N) is 2. The molecule has 8 nitrogen and oxygen atoms in total. The van der Waals surface area contributed by atoms with E-state index in [1.807, 2.05) is 18.2 Å². The lowest BCUT2D eigenvalue weighted by Crippen LogP contribution is -2.53. The summed E-state index contributed by atoms with van der Waals surface area (Å²) < 4.78 is 39.4.